The van der Waals surface area contributed by atoms with E-state index in [-0.39, 0.29) is 23.6 Å². The summed E-state index contributed by atoms with van der Waals surface area (Å²) in [5, 5.41) is 14.3. The number of halogens is 1. The summed E-state index contributed by atoms with van der Waals surface area (Å²) >= 11 is 4.68. The Morgan fingerprint density at radius 3 is 2.82 bits per heavy atom. The first-order chi connectivity index (χ1) is 15.9. The molecule has 0 aliphatic heterocycles. The number of methoxy groups -OCH3 is 1. The molecule has 1 amide bonds. The normalized spacial score (nSPS) is 11.2. The molecule has 0 aliphatic carbocycles. The van der Waals surface area contributed by atoms with Crippen LogP contribution in [-0.2, 0) is 11.3 Å². The van der Waals surface area contributed by atoms with E-state index in [2.05, 4.69) is 31.4 Å². The van der Waals surface area contributed by atoms with Crippen molar-refractivity contribution in [1.82, 2.24) is 15.0 Å². The average molecular weight is 527 g/mol. The van der Waals surface area contributed by atoms with Crippen LogP contribution in [0.2, 0.25) is 0 Å². The lowest BCUT2D eigenvalue weighted by atomic mass is 10.0. The van der Waals surface area contributed by atoms with Crippen molar-refractivity contribution >= 4 is 49.6 Å². The Kier molecular flexibility index (Phi) is 6.57. The molecule has 0 saturated carbocycles. The molecular formula is C23H19BrN4O4S. The fraction of sp³-hybridized carbons (Fsp3) is 0.130. The molecule has 2 N–H and O–H groups in total. The van der Waals surface area contributed by atoms with Crippen LogP contribution in [0.25, 0.3) is 21.3 Å². The first-order valence-corrected chi connectivity index (χ1v) is 11.4. The first-order valence-electron chi connectivity index (χ1n) is 9.81. The molecule has 0 bridgehead atoms. The fourth-order valence-corrected chi connectivity index (χ4v) is 4.86. The highest BCUT2D eigenvalue weighted by Crippen LogP contribution is 2.35. The van der Waals surface area contributed by atoms with Gasteiger partial charge in [-0.2, -0.15) is 5.10 Å². The molecule has 8 nitrogen and oxygen atoms in total. The number of aryl methyl sites for hydroxylation is 1. The lowest BCUT2D eigenvalue weighted by Crippen LogP contribution is -2.30. The number of phenolic OH excluding ortho intramolecular Hbond substituents is 1. The summed E-state index contributed by atoms with van der Waals surface area (Å²) < 4.78 is 6.79. The van der Waals surface area contributed by atoms with Crippen LogP contribution < -0.4 is 15.7 Å². The topological polar surface area (TPSA) is 106 Å². The van der Waals surface area contributed by atoms with Gasteiger partial charge in [0, 0.05) is 10.4 Å². The predicted molar refractivity (Wildman–Crippen MR) is 132 cm³/mol. The molecule has 0 saturated heterocycles. The molecular weight excluding hydrogens is 508 g/mol. The third kappa shape index (κ3) is 4.67. The van der Waals surface area contributed by atoms with E-state index < -0.39 is 5.91 Å². The smallest absolute Gasteiger partial charge is 0.263 e. The lowest BCUT2D eigenvalue weighted by Gasteiger charge is -2.07. The van der Waals surface area contributed by atoms with Crippen LogP contribution in [0.5, 0.6) is 11.5 Å². The second kappa shape index (κ2) is 9.55. The Balaban J connectivity index is 1.55. The number of aromatic nitrogens is 2. The monoisotopic (exact) mass is 526 g/mol. The largest absolute Gasteiger partial charge is 0.503 e. The number of carbonyl (C=O) groups excluding carboxylic acids is 1. The van der Waals surface area contributed by atoms with Crippen LogP contribution in [0.4, 0.5) is 0 Å². The summed E-state index contributed by atoms with van der Waals surface area (Å²) in [4.78, 5) is 31.6. The SMILES string of the molecule is COc1cc(C=NNC(=O)Cn2cnc3sc(C)c(-c4ccccc4)c3c2=O)cc(Br)c1O. The molecule has 0 aliphatic rings. The number of phenols is 1. The van der Waals surface area contributed by atoms with Gasteiger partial charge in [-0.15, -0.1) is 11.3 Å². The maximum Gasteiger partial charge on any atom is 0.263 e. The summed E-state index contributed by atoms with van der Waals surface area (Å²) in [7, 11) is 1.44. The first kappa shape index (κ1) is 22.7. The van der Waals surface area contributed by atoms with Crippen molar-refractivity contribution in [2.24, 2.45) is 5.10 Å². The van der Waals surface area contributed by atoms with Crippen molar-refractivity contribution in [3.63, 3.8) is 0 Å². The van der Waals surface area contributed by atoms with Gasteiger partial charge in [0.25, 0.3) is 11.5 Å². The maximum atomic E-state index is 13.2. The fourth-order valence-electron chi connectivity index (χ4n) is 3.40. The summed E-state index contributed by atoms with van der Waals surface area (Å²) in [6, 6.07) is 12.8. The highest BCUT2D eigenvalue weighted by molar-refractivity contribution is 9.10. The number of rotatable bonds is 6. The van der Waals surface area contributed by atoms with Crippen molar-refractivity contribution in [1.29, 1.82) is 0 Å². The zero-order valence-corrected chi connectivity index (χ0v) is 20.1. The Morgan fingerprint density at radius 2 is 2.09 bits per heavy atom. The Morgan fingerprint density at radius 1 is 1.33 bits per heavy atom. The van der Waals surface area contributed by atoms with Crippen molar-refractivity contribution in [2.75, 3.05) is 7.11 Å². The second-order valence-electron chi connectivity index (χ2n) is 7.10. The number of carbonyl (C=O) groups is 1. The number of hydrogen-bond acceptors (Lipinski definition) is 7. The molecule has 2 heterocycles. The summed E-state index contributed by atoms with van der Waals surface area (Å²) in [6.07, 6.45) is 2.78. The van der Waals surface area contributed by atoms with Crippen LogP contribution in [0.15, 0.2) is 63.2 Å². The molecule has 0 atom stereocenters. The summed E-state index contributed by atoms with van der Waals surface area (Å²) in [6.45, 7) is 1.72. The van der Waals surface area contributed by atoms with Gasteiger partial charge in [0.15, 0.2) is 11.5 Å². The number of benzene rings is 2. The molecule has 10 heteroatoms. The third-order valence-corrected chi connectivity index (χ3v) is 6.52. The molecule has 168 valence electrons. The quantitative estimate of drug-likeness (QED) is 0.291. The minimum atomic E-state index is -0.479. The predicted octanol–water partition coefficient (Wildman–Crippen LogP) is 4.06. The van der Waals surface area contributed by atoms with Gasteiger partial charge in [-0.05, 0) is 46.1 Å². The molecule has 0 spiro atoms. The van der Waals surface area contributed by atoms with Crippen LogP contribution >= 0.6 is 27.3 Å². The van der Waals surface area contributed by atoms with Gasteiger partial charge in [0.1, 0.15) is 11.4 Å². The lowest BCUT2D eigenvalue weighted by molar-refractivity contribution is -0.121. The second-order valence-corrected chi connectivity index (χ2v) is 9.16. The summed E-state index contributed by atoms with van der Waals surface area (Å²) in [5.41, 5.74) is 4.49. The molecule has 2 aromatic carbocycles. The van der Waals surface area contributed by atoms with Gasteiger partial charge in [-0.3, -0.25) is 14.2 Å². The van der Waals surface area contributed by atoms with Gasteiger partial charge >= 0.3 is 0 Å². The molecule has 0 radical (unpaired) electrons. The maximum absolute atomic E-state index is 13.2. The van der Waals surface area contributed by atoms with Gasteiger partial charge in [0.2, 0.25) is 0 Å². The van der Waals surface area contributed by atoms with E-state index >= 15 is 0 Å². The van der Waals surface area contributed by atoms with E-state index in [9.17, 15) is 14.7 Å². The van der Waals surface area contributed by atoms with E-state index in [1.807, 2.05) is 37.3 Å². The number of nitrogens with one attached hydrogen (secondary N) is 1. The van der Waals surface area contributed by atoms with E-state index in [4.69, 9.17) is 4.74 Å². The number of aromatic hydroxyl groups is 1. The van der Waals surface area contributed by atoms with E-state index in [0.717, 1.165) is 16.0 Å². The van der Waals surface area contributed by atoms with Crippen molar-refractivity contribution in [3.8, 4) is 22.6 Å². The number of thiophene rings is 1. The third-order valence-electron chi connectivity index (χ3n) is 4.90. The highest BCUT2D eigenvalue weighted by atomic mass is 79.9. The Hall–Kier alpha value is -3.50. The van der Waals surface area contributed by atoms with Crippen molar-refractivity contribution < 1.29 is 14.6 Å². The standard InChI is InChI=1S/C23H19BrN4O4S/c1-13-19(15-6-4-3-5-7-15)20-22(33-13)25-12-28(23(20)31)11-18(29)27-26-10-14-8-16(24)21(30)17(9-14)32-2/h3-10,12,30H,11H2,1-2H3,(H,27,29). The number of ether oxygens (including phenoxy) is 1. The van der Waals surface area contributed by atoms with Gasteiger partial charge in [-0.1, -0.05) is 30.3 Å². The Labute approximate surface area is 201 Å². The summed E-state index contributed by atoms with van der Waals surface area (Å²) in [5.74, 6) is -0.240. The molecule has 0 fully saturated rings. The molecule has 2 aromatic heterocycles. The minimum absolute atomic E-state index is 0.0282. The van der Waals surface area contributed by atoms with Crippen LogP contribution in [0.1, 0.15) is 10.4 Å². The van der Waals surface area contributed by atoms with Gasteiger partial charge < -0.3 is 9.84 Å². The van der Waals surface area contributed by atoms with E-state index in [1.54, 1.807) is 12.1 Å². The molecule has 33 heavy (non-hydrogen) atoms. The van der Waals surface area contributed by atoms with E-state index in [0.29, 0.717) is 20.3 Å². The Bertz CT molecular complexity index is 1430. The zero-order chi connectivity index (χ0) is 23.5. The van der Waals surface area contributed by atoms with Gasteiger partial charge in [-0.25, -0.2) is 10.4 Å². The minimum Gasteiger partial charge on any atom is -0.503 e. The number of hydrogen-bond donors (Lipinski definition) is 2. The zero-order valence-electron chi connectivity index (χ0n) is 17.7. The molecule has 4 aromatic rings. The number of nitrogens with zero attached hydrogens (tertiary/aromatic N) is 3. The van der Waals surface area contributed by atoms with Gasteiger partial charge in [0.05, 0.1) is 29.5 Å². The van der Waals surface area contributed by atoms with Crippen molar-refractivity contribution in [3.05, 3.63) is 74.1 Å². The number of hydrazone groups is 1. The molecule has 0 unspecified atom stereocenters. The number of fused-ring (bicyclic) bond motifs is 1. The molecule has 4 rings (SSSR count). The van der Waals surface area contributed by atoms with E-state index in [1.165, 1.54) is 35.6 Å². The van der Waals surface area contributed by atoms with Crippen LogP contribution in [0, 0.1) is 6.92 Å². The number of amides is 1. The van der Waals surface area contributed by atoms with Crippen molar-refractivity contribution in [2.45, 2.75) is 13.5 Å². The highest BCUT2D eigenvalue weighted by Gasteiger charge is 2.17. The average Bonchev–Trinajstić information content (AvgIpc) is 3.15. The van der Waals surface area contributed by atoms with Crippen LogP contribution in [0.3, 0.4) is 0 Å². The van der Waals surface area contributed by atoms with Crippen LogP contribution in [-0.4, -0.2) is 33.9 Å².